The highest BCUT2D eigenvalue weighted by Crippen LogP contribution is 2.31. The number of hydrogen-bond acceptors (Lipinski definition) is 10. The van der Waals surface area contributed by atoms with Crippen molar-refractivity contribution < 1.29 is 59.3 Å². The minimum absolute atomic E-state index is 0.0627. The SMILES string of the molecule is O=C(O)/C=C/c1ccc(N2C(=O)c3ccc(COO)cc3C2=O)cc1.O=C(O)c1ccc(N2C(=O)c3ccc(COO)cc3C2=O)cc1. The third-order valence-corrected chi connectivity index (χ3v) is 7.31. The Labute approximate surface area is 270 Å². The summed E-state index contributed by atoms with van der Waals surface area (Å²) in [6.07, 6.45) is 2.41. The standard InChI is InChI=1S/C18H13NO6.C16H11NO6/c20-16(21)8-4-11-1-5-13(6-2-11)19-17(22)14-7-3-12(10-25-24)9-15(14)18(19)23;18-14-12-6-1-9(8-23-22)7-13(12)15(19)17(14)11-4-2-10(3-5-11)16(20)21/h1-9,24H,10H2,(H,20,21);1-7,22H,8H2,(H,20,21)/b8-4+;. The number of imide groups is 2. The van der Waals surface area contributed by atoms with Crippen LogP contribution in [0.25, 0.3) is 6.08 Å². The lowest BCUT2D eigenvalue weighted by molar-refractivity contribution is -0.253. The molecule has 0 fully saturated rings. The Hall–Kier alpha value is -6.32. The first-order valence-corrected chi connectivity index (χ1v) is 13.9. The molecule has 0 aliphatic carbocycles. The Balaban J connectivity index is 0.000000188. The highest BCUT2D eigenvalue weighted by Gasteiger charge is 2.38. The molecule has 14 heteroatoms. The predicted molar refractivity (Wildman–Crippen MR) is 167 cm³/mol. The fourth-order valence-corrected chi connectivity index (χ4v) is 5.03. The van der Waals surface area contributed by atoms with Gasteiger partial charge in [0.1, 0.15) is 13.2 Å². The number of hydrogen-bond donors (Lipinski definition) is 4. The molecule has 2 aliphatic rings. The quantitative estimate of drug-likeness (QED) is 0.0836. The van der Waals surface area contributed by atoms with Crippen LogP contribution in [0.3, 0.4) is 0 Å². The molecule has 0 saturated heterocycles. The number of fused-ring (bicyclic) bond motifs is 2. The molecule has 242 valence electrons. The van der Waals surface area contributed by atoms with Crippen molar-refractivity contribution in [2.75, 3.05) is 9.80 Å². The van der Waals surface area contributed by atoms with Crippen LogP contribution in [0.1, 0.15) is 68.5 Å². The van der Waals surface area contributed by atoms with Crippen LogP contribution in [-0.2, 0) is 27.8 Å². The number of aromatic carboxylic acids is 1. The average Bonchev–Trinajstić information content (AvgIpc) is 3.47. The van der Waals surface area contributed by atoms with E-state index in [0.29, 0.717) is 28.1 Å². The molecule has 48 heavy (non-hydrogen) atoms. The second-order valence-electron chi connectivity index (χ2n) is 10.3. The van der Waals surface area contributed by atoms with E-state index in [-0.39, 0.29) is 41.0 Å². The summed E-state index contributed by atoms with van der Waals surface area (Å²) in [5.41, 5.74) is 3.48. The minimum atomic E-state index is -1.09. The Morgan fingerprint density at radius 3 is 1.40 bits per heavy atom. The predicted octanol–water partition coefficient (Wildman–Crippen LogP) is 4.75. The summed E-state index contributed by atoms with van der Waals surface area (Å²) in [6.45, 7) is -0.179. The van der Waals surface area contributed by atoms with Crippen LogP contribution in [0.15, 0.2) is 91.0 Å². The summed E-state index contributed by atoms with van der Waals surface area (Å²) in [6, 6.07) is 21.0. The maximum absolute atomic E-state index is 12.6. The zero-order valence-corrected chi connectivity index (χ0v) is 24.6. The van der Waals surface area contributed by atoms with E-state index in [9.17, 15) is 28.8 Å². The van der Waals surface area contributed by atoms with Crippen LogP contribution in [0, 0.1) is 0 Å². The first-order chi connectivity index (χ1) is 23.0. The van der Waals surface area contributed by atoms with E-state index in [4.69, 9.17) is 20.7 Å². The van der Waals surface area contributed by atoms with Gasteiger partial charge in [0, 0.05) is 6.08 Å². The van der Waals surface area contributed by atoms with Gasteiger partial charge in [-0.2, -0.15) is 0 Å². The second kappa shape index (κ2) is 14.0. The van der Waals surface area contributed by atoms with Crippen molar-refractivity contribution in [1.82, 2.24) is 0 Å². The molecule has 4 aromatic rings. The lowest BCUT2D eigenvalue weighted by atomic mass is 10.1. The summed E-state index contributed by atoms with van der Waals surface area (Å²) in [5, 5.41) is 34.5. The molecular weight excluding hydrogens is 628 g/mol. The molecule has 4 amide bonds. The molecule has 0 saturated carbocycles. The number of carboxylic acid groups (broad SMARTS) is 2. The number of nitrogens with zero attached hydrogens (tertiary/aromatic N) is 2. The molecule has 14 nitrogen and oxygen atoms in total. The fourth-order valence-electron chi connectivity index (χ4n) is 5.03. The number of benzene rings is 4. The van der Waals surface area contributed by atoms with Crippen LogP contribution in [-0.4, -0.2) is 56.3 Å². The van der Waals surface area contributed by atoms with E-state index in [1.54, 1.807) is 36.4 Å². The van der Waals surface area contributed by atoms with Gasteiger partial charge in [0.15, 0.2) is 0 Å². The van der Waals surface area contributed by atoms with Gasteiger partial charge in [0.2, 0.25) is 0 Å². The van der Waals surface area contributed by atoms with Gasteiger partial charge in [-0.3, -0.25) is 29.7 Å². The molecule has 4 aromatic carbocycles. The van der Waals surface area contributed by atoms with Gasteiger partial charge in [0.25, 0.3) is 23.6 Å². The number of amides is 4. The molecule has 0 aromatic heterocycles. The third kappa shape index (κ3) is 6.62. The van der Waals surface area contributed by atoms with Crippen LogP contribution >= 0.6 is 0 Å². The van der Waals surface area contributed by atoms with Gasteiger partial charge in [-0.05, 0) is 83.4 Å². The molecule has 2 aliphatic heterocycles. The smallest absolute Gasteiger partial charge is 0.335 e. The van der Waals surface area contributed by atoms with E-state index in [0.717, 1.165) is 15.9 Å². The lowest BCUT2D eigenvalue weighted by Crippen LogP contribution is -2.29. The highest BCUT2D eigenvalue weighted by atomic mass is 17.1. The largest absolute Gasteiger partial charge is 0.478 e. The van der Waals surface area contributed by atoms with Gasteiger partial charge in [-0.1, -0.05) is 24.3 Å². The number of carboxylic acids is 2. The maximum atomic E-state index is 12.6. The number of rotatable bonds is 9. The van der Waals surface area contributed by atoms with Crippen molar-refractivity contribution in [3.05, 3.63) is 136 Å². The third-order valence-electron chi connectivity index (χ3n) is 7.31. The molecule has 4 N–H and O–H groups in total. The number of aliphatic carboxylic acids is 1. The molecule has 0 bridgehead atoms. The number of carbonyl (C=O) groups is 6. The van der Waals surface area contributed by atoms with E-state index in [1.807, 2.05) is 0 Å². The van der Waals surface area contributed by atoms with Crippen molar-refractivity contribution in [3.8, 4) is 0 Å². The van der Waals surface area contributed by atoms with E-state index < -0.39 is 35.6 Å². The summed E-state index contributed by atoms with van der Waals surface area (Å²) < 4.78 is 0. The van der Waals surface area contributed by atoms with Gasteiger partial charge in [-0.15, -0.1) is 0 Å². The van der Waals surface area contributed by atoms with Gasteiger partial charge >= 0.3 is 11.9 Å². The summed E-state index contributed by atoms with van der Waals surface area (Å²) in [7, 11) is 0. The van der Waals surface area contributed by atoms with Crippen molar-refractivity contribution in [3.63, 3.8) is 0 Å². The Morgan fingerprint density at radius 2 is 1.00 bits per heavy atom. The number of anilines is 2. The molecule has 0 spiro atoms. The first kappa shape index (κ1) is 33.1. The molecule has 0 unspecified atom stereocenters. The van der Waals surface area contributed by atoms with Crippen LogP contribution in [0.2, 0.25) is 0 Å². The monoisotopic (exact) mass is 652 g/mol. The zero-order valence-electron chi connectivity index (χ0n) is 24.6. The molecule has 6 rings (SSSR count). The van der Waals surface area contributed by atoms with Crippen molar-refractivity contribution in [2.45, 2.75) is 13.2 Å². The molecule has 0 atom stereocenters. The van der Waals surface area contributed by atoms with Crippen molar-refractivity contribution in [1.29, 1.82) is 0 Å². The Morgan fingerprint density at radius 1 is 0.583 bits per heavy atom. The summed E-state index contributed by atoms with van der Waals surface area (Å²) in [5.74, 6) is -4.05. The average molecular weight is 653 g/mol. The summed E-state index contributed by atoms with van der Waals surface area (Å²) >= 11 is 0. The molecule has 0 radical (unpaired) electrons. The van der Waals surface area contributed by atoms with E-state index in [2.05, 4.69) is 9.78 Å². The maximum Gasteiger partial charge on any atom is 0.335 e. The highest BCUT2D eigenvalue weighted by molar-refractivity contribution is 6.35. The van der Waals surface area contributed by atoms with E-state index in [1.165, 1.54) is 54.6 Å². The summed E-state index contributed by atoms with van der Waals surface area (Å²) in [4.78, 5) is 81.5. The lowest BCUT2D eigenvalue weighted by Gasteiger charge is -2.13. The van der Waals surface area contributed by atoms with Gasteiger partial charge in [-0.25, -0.2) is 29.2 Å². The Bertz CT molecular complexity index is 1980. The normalized spacial score (nSPS) is 13.5. The van der Waals surface area contributed by atoms with Crippen LogP contribution < -0.4 is 9.80 Å². The van der Waals surface area contributed by atoms with Crippen molar-refractivity contribution in [2.24, 2.45) is 0 Å². The van der Waals surface area contributed by atoms with E-state index >= 15 is 0 Å². The van der Waals surface area contributed by atoms with Gasteiger partial charge in [0.05, 0.1) is 39.2 Å². The molecule has 2 heterocycles. The topological polar surface area (TPSA) is 208 Å². The number of carbonyl (C=O) groups excluding carboxylic acids is 4. The first-order valence-electron chi connectivity index (χ1n) is 13.9. The fraction of sp³-hybridized carbons (Fsp3) is 0.0588. The van der Waals surface area contributed by atoms with Crippen LogP contribution in [0.4, 0.5) is 11.4 Å². The zero-order chi connectivity index (χ0) is 34.5. The van der Waals surface area contributed by atoms with Crippen molar-refractivity contribution >= 4 is 53.0 Å². The minimum Gasteiger partial charge on any atom is -0.478 e. The Kier molecular flexibility index (Phi) is 9.63. The second-order valence-corrected chi connectivity index (χ2v) is 10.3. The molecular formula is C34H24N2O12. The van der Waals surface area contributed by atoms with Crippen LogP contribution in [0.5, 0.6) is 0 Å². The van der Waals surface area contributed by atoms with Gasteiger partial charge < -0.3 is 10.2 Å².